The molecule has 7 nitrogen and oxygen atoms in total. The van der Waals surface area contributed by atoms with Crippen molar-refractivity contribution < 1.29 is 23.7 Å². The predicted molar refractivity (Wildman–Crippen MR) is 145 cm³/mol. The SMILES string of the molecule is CCOc1ccc(C(=O)N/N=C/c2cc(Br)c(OCc3ccc(Cl)cc3Cl)c(OCC)c2)cc1OC. The molecule has 190 valence electrons. The average molecular weight is 596 g/mol. The number of ether oxygens (including phenoxy) is 4. The zero-order chi connectivity index (χ0) is 26.1. The first kappa shape index (κ1) is 27.6. The highest BCUT2D eigenvalue weighted by Gasteiger charge is 2.14. The number of hydrogen-bond donors (Lipinski definition) is 1. The molecule has 10 heteroatoms. The average Bonchev–Trinajstić information content (AvgIpc) is 2.85. The Balaban J connectivity index is 1.72. The number of methoxy groups -OCH3 is 1. The van der Waals surface area contributed by atoms with E-state index in [1.807, 2.05) is 19.9 Å². The zero-order valence-corrected chi connectivity index (χ0v) is 23.0. The van der Waals surface area contributed by atoms with E-state index in [0.717, 1.165) is 5.56 Å². The molecule has 3 aromatic carbocycles. The number of carbonyl (C=O) groups excluding carboxylic acids is 1. The molecule has 0 spiro atoms. The van der Waals surface area contributed by atoms with Crippen molar-refractivity contribution in [3.05, 3.63) is 79.7 Å². The van der Waals surface area contributed by atoms with Crippen molar-refractivity contribution in [2.45, 2.75) is 20.5 Å². The Morgan fingerprint density at radius 3 is 2.42 bits per heavy atom. The third-order valence-electron chi connectivity index (χ3n) is 4.82. The Labute approximate surface area is 228 Å². The monoisotopic (exact) mass is 594 g/mol. The van der Waals surface area contributed by atoms with Gasteiger partial charge in [-0.05, 0) is 77.8 Å². The summed E-state index contributed by atoms with van der Waals surface area (Å²) in [5.41, 5.74) is 4.37. The molecule has 1 amide bonds. The molecule has 0 bridgehead atoms. The Morgan fingerprint density at radius 2 is 1.72 bits per heavy atom. The van der Waals surface area contributed by atoms with Crippen LogP contribution in [0.1, 0.15) is 35.3 Å². The van der Waals surface area contributed by atoms with E-state index in [4.69, 9.17) is 42.1 Å². The fourth-order valence-electron chi connectivity index (χ4n) is 3.17. The molecular formula is C26H25BrCl2N2O5. The molecule has 3 aromatic rings. The molecule has 3 rings (SSSR count). The van der Waals surface area contributed by atoms with E-state index in [9.17, 15) is 4.79 Å². The van der Waals surface area contributed by atoms with Crippen LogP contribution in [0.15, 0.2) is 58.1 Å². The largest absolute Gasteiger partial charge is 0.493 e. The van der Waals surface area contributed by atoms with Crippen molar-refractivity contribution in [2.75, 3.05) is 20.3 Å². The van der Waals surface area contributed by atoms with Gasteiger partial charge >= 0.3 is 0 Å². The van der Waals surface area contributed by atoms with Crippen LogP contribution < -0.4 is 24.4 Å². The van der Waals surface area contributed by atoms with E-state index in [-0.39, 0.29) is 6.61 Å². The zero-order valence-electron chi connectivity index (χ0n) is 19.9. The molecule has 0 atom stereocenters. The lowest BCUT2D eigenvalue weighted by Gasteiger charge is -2.15. The Bertz CT molecular complexity index is 1250. The highest BCUT2D eigenvalue weighted by Crippen LogP contribution is 2.37. The summed E-state index contributed by atoms with van der Waals surface area (Å²) in [5, 5.41) is 5.14. The van der Waals surface area contributed by atoms with Crippen LogP contribution in [0.2, 0.25) is 10.0 Å². The smallest absolute Gasteiger partial charge is 0.271 e. The maximum Gasteiger partial charge on any atom is 0.271 e. The number of halogens is 3. The van der Waals surface area contributed by atoms with E-state index in [1.165, 1.54) is 13.3 Å². The van der Waals surface area contributed by atoms with Gasteiger partial charge in [0.05, 0.1) is 31.0 Å². The number of nitrogens with one attached hydrogen (secondary N) is 1. The third kappa shape index (κ3) is 7.29. The van der Waals surface area contributed by atoms with Crippen LogP contribution >= 0.6 is 39.1 Å². The third-order valence-corrected chi connectivity index (χ3v) is 6.00. The lowest BCUT2D eigenvalue weighted by Crippen LogP contribution is -2.17. The molecule has 0 radical (unpaired) electrons. The molecule has 36 heavy (non-hydrogen) atoms. The predicted octanol–water partition coefficient (Wildman–Crippen LogP) is 6.90. The van der Waals surface area contributed by atoms with Crippen LogP contribution in [0, 0.1) is 0 Å². The minimum absolute atomic E-state index is 0.226. The van der Waals surface area contributed by atoms with Gasteiger partial charge in [-0.25, -0.2) is 5.43 Å². The molecular weight excluding hydrogens is 571 g/mol. The first-order valence-electron chi connectivity index (χ1n) is 11.0. The van der Waals surface area contributed by atoms with Gasteiger partial charge < -0.3 is 18.9 Å². The number of nitrogens with zero attached hydrogens (tertiary/aromatic N) is 1. The van der Waals surface area contributed by atoms with Crippen LogP contribution in [0.25, 0.3) is 0 Å². The number of benzene rings is 3. The fourth-order valence-corrected chi connectivity index (χ4v) is 4.20. The van der Waals surface area contributed by atoms with Crippen LogP contribution in [0.5, 0.6) is 23.0 Å². The van der Waals surface area contributed by atoms with Crippen molar-refractivity contribution >= 4 is 51.3 Å². The molecule has 0 saturated carbocycles. The van der Waals surface area contributed by atoms with E-state index in [1.54, 1.807) is 42.5 Å². The topological polar surface area (TPSA) is 78.4 Å². The van der Waals surface area contributed by atoms with Crippen molar-refractivity contribution in [3.8, 4) is 23.0 Å². The van der Waals surface area contributed by atoms with Crippen molar-refractivity contribution in [1.82, 2.24) is 5.43 Å². The standard InChI is InChI=1S/C26H25BrCl2N2O5/c1-4-34-22-9-7-17(12-23(22)33-3)26(32)31-30-14-16-10-20(27)25(24(11-16)35-5-2)36-15-18-6-8-19(28)13-21(18)29/h6-14H,4-5,15H2,1-3H3,(H,31,32)/b30-14+. The number of hydrogen-bond acceptors (Lipinski definition) is 6. The van der Waals surface area contributed by atoms with E-state index >= 15 is 0 Å². The summed E-state index contributed by atoms with van der Waals surface area (Å²) in [6.07, 6.45) is 1.51. The molecule has 0 saturated heterocycles. The molecule has 0 aromatic heterocycles. The van der Waals surface area contributed by atoms with E-state index in [2.05, 4.69) is 26.5 Å². The Hall–Kier alpha value is -2.94. The quantitative estimate of drug-likeness (QED) is 0.193. The molecule has 0 aliphatic heterocycles. The maximum atomic E-state index is 12.5. The molecule has 0 heterocycles. The summed E-state index contributed by atoms with van der Waals surface area (Å²) in [6.45, 7) is 4.90. The van der Waals surface area contributed by atoms with Crippen LogP contribution in [-0.2, 0) is 6.61 Å². The molecule has 0 aliphatic rings. The van der Waals surface area contributed by atoms with E-state index in [0.29, 0.717) is 61.9 Å². The first-order valence-corrected chi connectivity index (χ1v) is 12.6. The number of amides is 1. The normalized spacial score (nSPS) is 10.8. The second-order valence-corrected chi connectivity index (χ2v) is 8.98. The second kappa shape index (κ2) is 13.4. The number of carbonyl (C=O) groups is 1. The van der Waals surface area contributed by atoms with Crippen LogP contribution in [0.4, 0.5) is 0 Å². The van der Waals surface area contributed by atoms with Crippen molar-refractivity contribution in [1.29, 1.82) is 0 Å². The molecule has 0 aliphatic carbocycles. The van der Waals surface area contributed by atoms with Gasteiger partial charge in [-0.1, -0.05) is 29.3 Å². The molecule has 1 N–H and O–H groups in total. The molecule has 0 unspecified atom stereocenters. The number of hydrazone groups is 1. The number of rotatable bonds is 11. The van der Waals surface area contributed by atoms with Gasteiger partial charge in [-0.3, -0.25) is 4.79 Å². The molecule has 0 fully saturated rings. The minimum Gasteiger partial charge on any atom is -0.493 e. The van der Waals surface area contributed by atoms with Gasteiger partial charge in [0.2, 0.25) is 0 Å². The van der Waals surface area contributed by atoms with Crippen molar-refractivity contribution in [3.63, 3.8) is 0 Å². The summed E-state index contributed by atoms with van der Waals surface area (Å²) in [4.78, 5) is 12.5. The van der Waals surface area contributed by atoms with Gasteiger partial charge in [0, 0.05) is 21.2 Å². The first-order chi connectivity index (χ1) is 17.4. The van der Waals surface area contributed by atoms with Gasteiger partial charge in [0.25, 0.3) is 5.91 Å². The van der Waals surface area contributed by atoms with Gasteiger partial charge in [-0.15, -0.1) is 0 Å². The summed E-state index contributed by atoms with van der Waals surface area (Å²) in [5.74, 6) is 1.67. The van der Waals surface area contributed by atoms with E-state index < -0.39 is 5.91 Å². The summed E-state index contributed by atoms with van der Waals surface area (Å²) < 4.78 is 23.2. The Kier molecular flexibility index (Phi) is 10.3. The van der Waals surface area contributed by atoms with Gasteiger partial charge in [0.15, 0.2) is 23.0 Å². The lowest BCUT2D eigenvalue weighted by atomic mass is 10.2. The Morgan fingerprint density at radius 1 is 0.972 bits per heavy atom. The maximum absolute atomic E-state index is 12.5. The highest BCUT2D eigenvalue weighted by atomic mass is 79.9. The summed E-state index contributed by atoms with van der Waals surface area (Å²) >= 11 is 15.8. The summed E-state index contributed by atoms with van der Waals surface area (Å²) in [7, 11) is 1.52. The van der Waals surface area contributed by atoms with Crippen LogP contribution in [0.3, 0.4) is 0 Å². The summed E-state index contributed by atoms with van der Waals surface area (Å²) in [6, 6.07) is 13.7. The van der Waals surface area contributed by atoms with Crippen LogP contribution in [-0.4, -0.2) is 32.4 Å². The minimum atomic E-state index is -0.392. The van der Waals surface area contributed by atoms with Crippen molar-refractivity contribution in [2.24, 2.45) is 5.10 Å². The van der Waals surface area contributed by atoms with Gasteiger partial charge in [0.1, 0.15) is 6.61 Å². The fraction of sp³-hybridized carbons (Fsp3) is 0.231. The lowest BCUT2D eigenvalue weighted by molar-refractivity contribution is 0.0954. The van der Waals surface area contributed by atoms with Gasteiger partial charge in [-0.2, -0.15) is 5.10 Å². The highest BCUT2D eigenvalue weighted by molar-refractivity contribution is 9.10. The second-order valence-electron chi connectivity index (χ2n) is 7.29.